The van der Waals surface area contributed by atoms with E-state index in [9.17, 15) is 9.18 Å². The number of carbonyl (C=O) groups excluding carboxylic acids is 1. The standard InChI is InChI=1S/C11H9ClFN5O3/c1-5(19)20-18(6-2-3-8(13)7(12)4-6)11(15)9-10(14)17-21-16-9/h2-4,15H,1H3,(H2,14,17). The zero-order valence-electron chi connectivity index (χ0n) is 10.6. The summed E-state index contributed by atoms with van der Waals surface area (Å²) < 4.78 is 17.6. The van der Waals surface area contributed by atoms with E-state index in [2.05, 4.69) is 14.9 Å². The largest absolute Gasteiger partial charge is 0.379 e. The van der Waals surface area contributed by atoms with Crippen LogP contribution in [0.5, 0.6) is 0 Å². The Morgan fingerprint density at radius 1 is 1.52 bits per heavy atom. The fraction of sp³-hybridized carbons (Fsp3) is 0.0909. The van der Waals surface area contributed by atoms with Gasteiger partial charge in [-0.05, 0) is 28.5 Å². The molecule has 0 amide bonds. The molecule has 0 radical (unpaired) electrons. The van der Waals surface area contributed by atoms with Crippen LogP contribution < -0.4 is 10.8 Å². The molecule has 2 rings (SSSR count). The molecule has 0 bridgehead atoms. The lowest BCUT2D eigenvalue weighted by Crippen LogP contribution is -2.33. The Bertz CT molecular complexity index is 705. The second-order valence-electron chi connectivity index (χ2n) is 3.82. The predicted molar refractivity (Wildman–Crippen MR) is 71.2 cm³/mol. The molecule has 0 aliphatic rings. The van der Waals surface area contributed by atoms with Crippen LogP contribution in [0.3, 0.4) is 0 Å². The van der Waals surface area contributed by atoms with Crippen LogP contribution in [0.15, 0.2) is 22.8 Å². The number of amidine groups is 1. The highest BCUT2D eigenvalue weighted by Crippen LogP contribution is 2.25. The summed E-state index contributed by atoms with van der Waals surface area (Å²) in [7, 11) is 0. The third kappa shape index (κ3) is 3.08. The normalized spacial score (nSPS) is 10.2. The third-order valence-electron chi connectivity index (χ3n) is 2.30. The van der Waals surface area contributed by atoms with E-state index in [0.717, 1.165) is 18.1 Å². The molecule has 0 aliphatic heterocycles. The highest BCUT2D eigenvalue weighted by atomic mass is 35.5. The maximum Gasteiger partial charge on any atom is 0.329 e. The van der Waals surface area contributed by atoms with Gasteiger partial charge >= 0.3 is 5.97 Å². The number of anilines is 2. The van der Waals surface area contributed by atoms with Gasteiger partial charge in [-0.2, -0.15) is 5.06 Å². The Balaban J connectivity index is 2.43. The topological polar surface area (TPSA) is 118 Å². The molecule has 3 N–H and O–H groups in total. The van der Waals surface area contributed by atoms with Gasteiger partial charge in [-0.3, -0.25) is 5.41 Å². The zero-order valence-corrected chi connectivity index (χ0v) is 11.4. The van der Waals surface area contributed by atoms with Crippen LogP contribution in [0.25, 0.3) is 0 Å². The maximum absolute atomic E-state index is 13.2. The fourth-order valence-electron chi connectivity index (χ4n) is 1.42. The summed E-state index contributed by atoms with van der Waals surface area (Å²) in [5, 5.41) is 15.3. The van der Waals surface area contributed by atoms with Crippen molar-refractivity contribution in [3.63, 3.8) is 0 Å². The van der Waals surface area contributed by atoms with Crippen LogP contribution in [-0.4, -0.2) is 22.1 Å². The number of nitrogens with one attached hydrogen (secondary N) is 1. The van der Waals surface area contributed by atoms with Gasteiger partial charge in [0.25, 0.3) is 0 Å². The van der Waals surface area contributed by atoms with Crippen LogP contribution >= 0.6 is 11.6 Å². The van der Waals surface area contributed by atoms with Crippen molar-refractivity contribution in [2.45, 2.75) is 6.92 Å². The van der Waals surface area contributed by atoms with E-state index in [4.69, 9.17) is 27.6 Å². The number of nitrogens with two attached hydrogens (primary N) is 1. The fourth-order valence-corrected chi connectivity index (χ4v) is 1.60. The van der Waals surface area contributed by atoms with Crippen molar-refractivity contribution in [2.75, 3.05) is 10.8 Å². The molecule has 110 valence electrons. The molecular weight excluding hydrogens is 305 g/mol. The molecule has 0 unspecified atom stereocenters. The zero-order chi connectivity index (χ0) is 15.6. The minimum Gasteiger partial charge on any atom is -0.379 e. The molecule has 0 spiro atoms. The average Bonchev–Trinajstić information content (AvgIpc) is 2.84. The van der Waals surface area contributed by atoms with Crippen LogP contribution in [0.1, 0.15) is 12.6 Å². The lowest BCUT2D eigenvalue weighted by Gasteiger charge is -2.21. The summed E-state index contributed by atoms with van der Waals surface area (Å²) in [4.78, 5) is 16.1. The van der Waals surface area contributed by atoms with Crippen LogP contribution in [0.4, 0.5) is 15.9 Å². The number of nitrogen functional groups attached to an aromatic ring is 1. The molecule has 2 aromatic rings. The minimum atomic E-state index is -0.713. The highest BCUT2D eigenvalue weighted by Gasteiger charge is 2.24. The summed E-state index contributed by atoms with van der Waals surface area (Å²) in [5.74, 6) is -1.95. The molecule has 0 saturated heterocycles. The molecule has 0 fully saturated rings. The van der Waals surface area contributed by atoms with E-state index < -0.39 is 17.6 Å². The van der Waals surface area contributed by atoms with Crippen molar-refractivity contribution >= 4 is 34.9 Å². The van der Waals surface area contributed by atoms with E-state index in [0.29, 0.717) is 0 Å². The van der Waals surface area contributed by atoms with E-state index in [-0.39, 0.29) is 22.2 Å². The SMILES string of the molecule is CC(=O)ON(C(=N)c1nonc1N)c1ccc(F)c(Cl)c1. The molecule has 1 aromatic carbocycles. The van der Waals surface area contributed by atoms with Gasteiger partial charge in [0.2, 0.25) is 0 Å². The molecule has 21 heavy (non-hydrogen) atoms. The lowest BCUT2D eigenvalue weighted by atomic mass is 10.3. The van der Waals surface area contributed by atoms with Gasteiger partial charge in [0.05, 0.1) is 10.7 Å². The van der Waals surface area contributed by atoms with E-state index in [1.165, 1.54) is 12.1 Å². The van der Waals surface area contributed by atoms with Gasteiger partial charge in [0.1, 0.15) is 5.82 Å². The number of hydroxylamine groups is 1. The summed E-state index contributed by atoms with van der Waals surface area (Å²) in [6.45, 7) is 1.13. The third-order valence-corrected chi connectivity index (χ3v) is 2.59. The molecule has 0 saturated carbocycles. The molecule has 0 atom stereocenters. The highest BCUT2D eigenvalue weighted by molar-refractivity contribution is 6.31. The molecule has 10 heteroatoms. The van der Waals surface area contributed by atoms with E-state index in [1.807, 2.05) is 0 Å². The van der Waals surface area contributed by atoms with Crippen LogP contribution in [-0.2, 0) is 9.63 Å². The van der Waals surface area contributed by atoms with Crippen molar-refractivity contribution in [1.29, 1.82) is 5.41 Å². The summed E-state index contributed by atoms with van der Waals surface area (Å²) in [6, 6.07) is 3.51. The number of halogens is 2. The Hall–Kier alpha value is -2.68. The van der Waals surface area contributed by atoms with Gasteiger partial charge in [0.15, 0.2) is 17.3 Å². The predicted octanol–water partition coefficient (Wildman–Crippen LogP) is 1.75. The Kier molecular flexibility index (Phi) is 4.03. The number of aromatic nitrogens is 2. The minimum absolute atomic E-state index is 0.129. The van der Waals surface area contributed by atoms with Gasteiger partial charge in [0, 0.05) is 6.92 Å². The number of hydrogen-bond donors (Lipinski definition) is 2. The van der Waals surface area contributed by atoms with Gasteiger partial charge in [-0.1, -0.05) is 11.6 Å². The second-order valence-corrected chi connectivity index (χ2v) is 4.23. The van der Waals surface area contributed by atoms with Gasteiger partial charge < -0.3 is 10.6 Å². The first-order valence-electron chi connectivity index (χ1n) is 5.51. The first kappa shape index (κ1) is 14.7. The van der Waals surface area contributed by atoms with Crippen molar-refractivity contribution in [3.05, 3.63) is 34.7 Å². The van der Waals surface area contributed by atoms with Gasteiger partial charge in [-0.25, -0.2) is 13.8 Å². The number of carbonyl (C=O) groups is 1. The number of nitrogens with zero attached hydrogens (tertiary/aromatic N) is 3. The Labute approximate surface area is 122 Å². The first-order chi connectivity index (χ1) is 9.90. The Morgan fingerprint density at radius 2 is 2.24 bits per heavy atom. The van der Waals surface area contributed by atoms with E-state index in [1.54, 1.807) is 0 Å². The van der Waals surface area contributed by atoms with Crippen molar-refractivity contribution in [2.24, 2.45) is 0 Å². The molecule has 8 nitrogen and oxygen atoms in total. The smallest absolute Gasteiger partial charge is 0.329 e. The summed E-state index contributed by atoms with van der Waals surface area (Å²) >= 11 is 5.67. The van der Waals surface area contributed by atoms with E-state index >= 15 is 0 Å². The van der Waals surface area contributed by atoms with Crippen molar-refractivity contribution < 1.29 is 18.7 Å². The number of rotatable bonds is 2. The number of hydrogen-bond acceptors (Lipinski definition) is 7. The summed E-state index contributed by atoms with van der Waals surface area (Å²) in [6.07, 6.45) is 0. The monoisotopic (exact) mass is 313 g/mol. The first-order valence-corrected chi connectivity index (χ1v) is 5.88. The average molecular weight is 314 g/mol. The molecule has 0 aliphatic carbocycles. The maximum atomic E-state index is 13.2. The van der Waals surface area contributed by atoms with Crippen LogP contribution in [0, 0.1) is 11.2 Å². The van der Waals surface area contributed by atoms with Crippen molar-refractivity contribution in [3.8, 4) is 0 Å². The molecule has 1 aromatic heterocycles. The molecule has 1 heterocycles. The second kappa shape index (κ2) is 5.75. The number of benzene rings is 1. The van der Waals surface area contributed by atoms with Crippen LogP contribution in [0.2, 0.25) is 5.02 Å². The molecular formula is C11H9ClFN5O3. The lowest BCUT2D eigenvalue weighted by molar-refractivity contribution is -0.140. The quantitative estimate of drug-likeness (QED) is 0.492. The summed E-state index contributed by atoms with van der Waals surface area (Å²) in [5.41, 5.74) is 5.47. The van der Waals surface area contributed by atoms with Gasteiger partial charge in [-0.15, -0.1) is 0 Å². The Morgan fingerprint density at radius 3 is 2.76 bits per heavy atom. The van der Waals surface area contributed by atoms with Crippen molar-refractivity contribution in [1.82, 2.24) is 10.3 Å².